The summed E-state index contributed by atoms with van der Waals surface area (Å²) in [5.74, 6) is 5.19. The van der Waals surface area contributed by atoms with E-state index in [0.29, 0.717) is 54.6 Å². The van der Waals surface area contributed by atoms with Gasteiger partial charge in [0.1, 0.15) is 16.1 Å². The first-order chi connectivity index (χ1) is 22.3. The number of carbonyl (C=O) groups is 4. The lowest BCUT2D eigenvalue weighted by molar-refractivity contribution is -0.124. The molecule has 4 aliphatic rings. The van der Waals surface area contributed by atoms with Crippen LogP contribution < -0.4 is 10.2 Å². The van der Waals surface area contributed by atoms with E-state index in [1.165, 1.54) is 12.8 Å². The second-order valence-electron chi connectivity index (χ2n) is 16.8. The molecule has 1 atom stereocenters. The van der Waals surface area contributed by atoms with Gasteiger partial charge < -0.3 is 29.7 Å². The standard InChI is InChI=1S/C37H53N3O7S/c1-34(2,3)15-14-27-22-28(29(48-27)31(42)43)40(30(41)24-12-16-37(17-13-24)18-19-37)26-10-8-25(9-11-26)38-32(44)46-36(7)20-21-39(23-36)33(45)47-35(4,5)6/h22,24-26H,8-13,16-21,23H2,1-7H3,(H,38,44)(H,42,43). The zero-order valence-corrected chi connectivity index (χ0v) is 30.5. The van der Waals surface area contributed by atoms with Crippen LogP contribution in [0.25, 0.3) is 0 Å². The van der Waals surface area contributed by atoms with Crippen LogP contribution in [-0.2, 0) is 14.3 Å². The molecule has 4 fully saturated rings. The van der Waals surface area contributed by atoms with Crippen LogP contribution in [0, 0.1) is 28.6 Å². The molecule has 1 aromatic rings. The minimum atomic E-state index is -1.05. The zero-order valence-electron chi connectivity index (χ0n) is 29.7. The van der Waals surface area contributed by atoms with Gasteiger partial charge in [0.2, 0.25) is 5.91 Å². The number of carboxylic acids is 1. The Hall–Kier alpha value is -3.26. The number of nitrogens with one attached hydrogen (secondary N) is 1. The molecular formula is C37H53N3O7S. The predicted molar refractivity (Wildman–Crippen MR) is 185 cm³/mol. The topological polar surface area (TPSA) is 125 Å². The number of carbonyl (C=O) groups excluding carboxylic acids is 3. The fourth-order valence-electron chi connectivity index (χ4n) is 7.27. The van der Waals surface area contributed by atoms with Crippen molar-refractivity contribution in [3.63, 3.8) is 0 Å². The number of alkyl carbamates (subject to hydrolysis) is 1. The number of ether oxygens (including phenoxy) is 2. The Balaban J connectivity index is 1.26. The highest BCUT2D eigenvalue weighted by atomic mass is 32.1. The molecule has 0 radical (unpaired) electrons. The number of carboxylic acid groups (broad SMARTS) is 1. The molecule has 1 aromatic heterocycles. The van der Waals surface area contributed by atoms with Gasteiger partial charge in [-0.15, -0.1) is 11.3 Å². The summed E-state index contributed by atoms with van der Waals surface area (Å²) in [5.41, 5.74) is -0.788. The third-order valence-electron chi connectivity index (χ3n) is 10.1. The minimum absolute atomic E-state index is 0.0145. The molecule has 1 unspecified atom stereocenters. The van der Waals surface area contributed by atoms with Crippen molar-refractivity contribution < 1.29 is 33.8 Å². The first-order valence-corrected chi connectivity index (χ1v) is 18.4. The molecule has 264 valence electrons. The van der Waals surface area contributed by atoms with Crippen molar-refractivity contribution in [1.82, 2.24) is 10.2 Å². The predicted octanol–water partition coefficient (Wildman–Crippen LogP) is 7.58. The van der Waals surface area contributed by atoms with E-state index in [0.717, 1.165) is 37.0 Å². The number of thiophene rings is 1. The van der Waals surface area contributed by atoms with Crippen molar-refractivity contribution in [3.8, 4) is 11.8 Å². The number of aromatic carboxylic acids is 1. The Morgan fingerprint density at radius 1 is 0.979 bits per heavy atom. The summed E-state index contributed by atoms with van der Waals surface area (Å²) >= 11 is 1.13. The van der Waals surface area contributed by atoms with Gasteiger partial charge in [-0.05, 0) is 124 Å². The molecule has 2 N–H and O–H groups in total. The highest BCUT2D eigenvalue weighted by Crippen LogP contribution is 2.57. The number of anilines is 1. The maximum atomic E-state index is 14.3. The molecule has 3 saturated carbocycles. The maximum absolute atomic E-state index is 14.3. The summed E-state index contributed by atoms with van der Waals surface area (Å²) in [6.07, 6.45) is 8.36. The third kappa shape index (κ3) is 9.04. The van der Waals surface area contributed by atoms with Gasteiger partial charge in [0.05, 0.1) is 17.1 Å². The van der Waals surface area contributed by atoms with Crippen molar-refractivity contribution in [2.24, 2.45) is 16.7 Å². The van der Waals surface area contributed by atoms with Crippen LogP contribution in [-0.4, -0.2) is 70.4 Å². The van der Waals surface area contributed by atoms with Gasteiger partial charge in [0.15, 0.2) is 0 Å². The molecule has 5 rings (SSSR count). The largest absolute Gasteiger partial charge is 0.477 e. The second kappa shape index (κ2) is 13.6. The maximum Gasteiger partial charge on any atom is 0.410 e. The second-order valence-corrected chi connectivity index (χ2v) is 17.8. The normalized spacial score (nSPS) is 25.5. The SMILES string of the molecule is CC(C)(C)C#Cc1cc(N(C(=O)C2CCC3(CC2)CC3)C2CCC(NC(=O)OC3(C)CCN(C(=O)OC(C)(C)C)C3)CC2)c(C(=O)O)s1. The van der Waals surface area contributed by atoms with E-state index in [1.54, 1.807) is 15.9 Å². The highest BCUT2D eigenvalue weighted by molar-refractivity contribution is 7.15. The molecule has 2 heterocycles. The molecule has 3 aliphatic carbocycles. The van der Waals surface area contributed by atoms with Crippen molar-refractivity contribution in [3.05, 3.63) is 15.8 Å². The number of hydrogen-bond donors (Lipinski definition) is 2. The van der Waals surface area contributed by atoms with Crippen molar-refractivity contribution in [2.45, 2.75) is 142 Å². The summed E-state index contributed by atoms with van der Waals surface area (Å²) in [5, 5.41) is 13.2. The van der Waals surface area contributed by atoms with Crippen LogP contribution in [0.2, 0.25) is 0 Å². The van der Waals surface area contributed by atoms with Crippen LogP contribution in [0.3, 0.4) is 0 Å². The summed E-state index contributed by atoms with van der Waals surface area (Å²) in [7, 11) is 0. The van der Waals surface area contributed by atoms with E-state index in [1.807, 2.05) is 48.5 Å². The van der Waals surface area contributed by atoms with Gasteiger partial charge in [-0.2, -0.15) is 0 Å². The summed E-state index contributed by atoms with van der Waals surface area (Å²) in [4.78, 5) is 56.6. The fraction of sp³-hybridized carbons (Fsp3) is 0.730. The van der Waals surface area contributed by atoms with Crippen molar-refractivity contribution in [1.29, 1.82) is 0 Å². The van der Waals surface area contributed by atoms with Crippen LogP contribution >= 0.6 is 11.3 Å². The van der Waals surface area contributed by atoms with E-state index in [-0.39, 0.29) is 40.7 Å². The lowest BCUT2D eigenvalue weighted by Gasteiger charge is -2.40. The molecule has 48 heavy (non-hydrogen) atoms. The Morgan fingerprint density at radius 2 is 1.62 bits per heavy atom. The zero-order chi connectivity index (χ0) is 35.1. The number of amides is 3. The molecule has 1 saturated heterocycles. The molecule has 0 aromatic carbocycles. The summed E-state index contributed by atoms with van der Waals surface area (Å²) in [6.45, 7) is 14.0. The average molecular weight is 684 g/mol. The van der Waals surface area contributed by atoms with Gasteiger partial charge in [-0.3, -0.25) is 4.79 Å². The van der Waals surface area contributed by atoms with Gasteiger partial charge in [-0.25, -0.2) is 14.4 Å². The lowest BCUT2D eigenvalue weighted by atomic mass is 9.78. The molecule has 3 amide bonds. The molecular weight excluding hydrogens is 630 g/mol. The molecule has 1 spiro atoms. The quantitative estimate of drug-likeness (QED) is 0.296. The Kier molecular flexibility index (Phi) is 10.2. The van der Waals surface area contributed by atoms with E-state index in [4.69, 9.17) is 9.47 Å². The van der Waals surface area contributed by atoms with E-state index >= 15 is 0 Å². The molecule has 0 bridgehead atoms. The number of hydrogen-bond acceptors (Lipinski definition) is 7. The summed E-state index contributed by atoms with van der Waals surface area (Å²) < 4.78 is 11.3. The van der Waals surface area contributed by atoms with Crippen molar-refractivity contribution >= 4 is 41.1 Å². The Morgan fingerprint density at radius 3 is 2.19 bits per heavy atom. The van der Waals surface area contributed by atoms with Crippen molar-refractivity contribution in [2.75, 3.05) is 18.0 Å². The molecule has 1 aliphatic heterocycles. The number of rotatable bonds is 6. The van der Waals surface area contributed by atoms with Gasteiger partial charge in [-0.1, -0.05) is 11.8 Å². The minimum Gasteiger partial charge on any atom is -0.477 e. The van der Waals surface area contributed by atoms with E-state index in [2.05, 4.69) is 17.2 Å². The first kappa shape index (κ1) is 36.0. The van der Waals surface area contributed by atoms with Gasteiger partial charge in [0.25, 0.3) is 0 Å². The lowest BCUT2D eigenvalue weighted by Crippen LogP contribution is -2.50. The average Bonchev–Trinajstić information content (AvgIpc) is 3.40. The van der Waals surface area contributed by atoms with Gasteiger partial charge >= 0.3 is 18.2 Å². The van der Waals surface area contributed by atoms with Crippen LogP contribution in [0.1, 0.15) is 134 Å². The number of nitrogens with zero attached hydrogens (tertiary/aromatic N) is 2. The van der Waals surface area contributed by atoms with E-state index in [9.17, 15) is 24.3 Å². The number of likely N-dealkylation sites (tertiary alicyclic amines) is 1. The van der Waals surface area contributed by atoms with Crippen LogP contribution in [0.4, 0.5) is 15.3 Å². The van der Waals surface area contributed by atoms with Crippen LogP contribution in [0.15, 0.2) is 6.07 Å². The summed E-state index contributed by atoms with van der Waals surface area (Å²) in [6, 6.07) is 1.46. The smallest absolute Gasteiger partial charge is 0.410 e. The monoisotopic (exact) mass is 683 g/mol. The molecule has 11 heteroatoms. The highest BCUT2D eigenvalue weighted by Gasteiger charge is 2.47. The van der Waals surface area contributed by atoms with Crippen LogP contribution in [0.5, 0.6) is 0 Å². The molecule has 10 nitrogen and oxygen atoms in total. The fourth-order valence-corrected chi connectivity index (χ4v) is 8.11. The Bertz CT molecular complexity index is 1460. The first-order valence-electron chi connectivity index (χ1n) is 17.6. The third-order valence-corrected chi connectivity index (χ3v) is 11.2. The Labute approximate surface area is 289 Å². The van der Waals surface area contributed by atoms with E-state index < -0.39 is 29.4 Å². The van der Waals surface area contributed by atoms with Gasteiger partial charge in [0, 0.05) is 36.4 Å².